The van der Waals surface area contributed by atoms with Crippen LogP contribution in [-0.4, -0.2) is 26.9 Å². The predicted molar refractivity (Wildman–Crippen MR) is 102 cm³/mol. The SMILES string of the molecule is N#Cc1ccc(N2CC[C@H](NS(=O)(=O)/C=C/c3ccc(Cl)s3)C2=O)c(F)c1. The van der Waals surface area contributed by atoms with Gasteiger partial charge >= 0.3 is 0 Å². The minimum Gasteiger partial charge on any atom is -0.308 e. The van der Waals surface area contributed by atoms with Crippen LogP contribution in [0.2, 0.25) is 4.34 Å². The number of sulfonamides is 1. The number of nitriles is 1. The summed E-state index contributed by atoms with van der Waals surface area (Å²) < 4.78 is 41.4. The predicted octanol–water partition coefficient (Wildman–Crippen LogP) is 3.11. The molecule has 10 heteroatoms. The Morgan fingerprint density at radius 3 is 2.78 bits per heavy atom. The van der Waals surface area contributed by atoms with E-state index in [0.717, 1.165) is 11.5 Å². The molecule has 1 atom stereocenters. The Morgan fingerprint density at radius 2 is 2.15 bits per heavy atom. The van der Waals surface area contributed by atoms with Crippen molar-refractivity contribution in [3.63, 3.8) is 0 Å². The summed E-state index contributed by atoms with van der Waals surface area (Å²) in [7, 11) is -3.86. The molecule has 6 nitrogen and oxygen atoms in total. The quantitative estimate of drug-likeness (QED) is 0.796. The fourth-order valence-electron chi connectivity index (χ4n) is 2.64. The van der Waals surface area contributed by atoms with Crippen molar-refractivity contribution in [1.82, 2.24) is 4.72 Å². The topological polar surface area (TPSA) is 90.3 Å². The van der Waals surface area contributed by atoms with Crippen molar-refractivity contribution in [2.45, 2.75) is 12.5 Å². The van der Waals surface area contributed by atoms with Crippen molar-refractivity contribution in [2.24, 2.45) is 0 Å². The van der Waals surface area contributed by atoms with Crippen LogP contribution in [0, 0.1) is 17.1 Å². The molecule has 0 unspecified atom stereocenters. The highest BCUT2D eigenvalue weighted by atomic mass is 35.5. The molecule has 1 fully saturated rings. The number of benzene rings is 1. The summed E-state index contributed by atoms with van der Waals surface area (Å²) in [5.41, 5.74) is 0.156. The second-order valence-electron chi connectivity index (χ2n) is 5.72. The van der Waals surface area contributed by atoms with Gasteiger partial charge in [-0.3, -0.25) is 4.79 Å². The number of amides is 1. The van der Waals surface area contributed by atoms with Gasteiger partial charge in [-0.25, -0.2) is 12.8 Å². The number of anilines is 1. The first-order chi connectivity index (χ1) is 12.8. The largest absolute Gasteiger partial charge is 0.308 e. The van der Waals surface area contributed by atoms with Crippen LogP contribution >= 0.6 is 22.9 Å². The number of thiophene rings is 1. The molecule has 1 aromatic heterocycles. The standard InChI is InChI=1S/C17H13ClFN3O3S2/c18-16-4-2-12(26-16)6-8-27(24,25)21-14-5-7-22(17(14)23)15-3-1-11(10-20)9-13(15)19/h1-4,6,8-9,14,21H,5,7H2/b8-6+/t14-/m0/s1. The molecule has 1 aliphatic rings. The monoisotopic (exact) mass is 425 g/mol. The second-order valence-corrected chi connectivity index (χ2v) is 9.06. The van der Waals surface area contributed by atoms with Crippen molar-refractivity contribution in [3.05, 3.63) is 56.3 Å². The summed E-state index contributed by atoms with van der Waals surface area (Å²) in [5.74, 6) is -1.25. The van der Waals surface area contributed by atoms with E-state index in [-0.39, 0.29) is 24.2 Å². The Morgan fingerprint density at radius 1 is 1.37 bits per heavy atom. The zero-order valence-electron chi connectivity index (χ0n) is 13.7. The van der Waals surface area contributed by atoms with Gasteiger partial charge < -0.3 is 4.90 Å². The molecular formula is C17H13ClFN3O3S2. The molecule has 1 saturated heterocycles. The number of halogens is 2. The number of rotatable bonds is 5. The fourth-order valence-corrected chi connectivity index (χ4v) is 4.71. The van der Waals surface area contributed by atoms with Crippen LogP contribution in [-0.2, 0) is 14.8 Å². The van der Waals surface area contributed by atoms with Crippen molar-refractivity contribution in [1.29, 1.82) is 5.26 Å². The van der Waals surface area contributed by atoms with Gasteiger partial charge in [0, 0.05) is 16.8 Å². The zero-order chi connectivity index (χ0) is 19.6. The van der Waals surface area contributed by atoms with E-state index in [0.29, 0.717) is 9.21 Å². The first-order valence-electron chi connectivity index (χ1n) is 7.76. The molecule has 0 radical (unpaired) electrons. The van der Waals surface area contributed by atoms with E-state index < -0.39 is 27.8 Å². The van der Waals surface area contributed by atoms with Gasteiger partial charge in [-0.05, 0) is 42.8 Å². The number of nitrogens with one attached hydrogen (secondary N) is 1. The third-order valence-electron chi connectivity index (χ3n) is 3.89. The summed E-state index contributed by atoms with van der Waals surface area (Å²) in [6.45, 7) is 0.166. The van der Waals surface area contributed by atoms with E-state index in [2.05, 4.69) is 4.72 Å². The van der Waals surface area contributed by atoms with E-state index in [1.54, 1.807) is 12.1 Å². The Bertz CT molecular complexity index is 1060. The van der Waals surface area contributed by atoms with E-state index in [1.165, 1.54) is 34.4 Å². The lowest BCUT2D eigenvalue weighted by Crippen LogP contribution is -2.40. The molecule has 3 rings (SSSR count). The first-order valence-corrected chi connectivity index (χ1v) is 10.5. The zero-order valence-corrected chi connectivity index (χ0v) is 16.1. The molecule has 27 heavy (non-hydrogen) atoms. The van der Waals surface area contributed by atoms with Crippen molar-refractivity contribution in [3.8, 4) is 6.07 Å². The lowest BCUT2D eigenvalue weighted by molar-refractivity contribution is -0.118. The van der Waals surface area contributed by atoms with Crippen molar-refractivity contribution < 1.29 is 17.6 Å². The number of hydrogen-bond donors (Lipinski definition) is 1. The van der Waals surface area contributed by atoms with Crippen molar-refractivity contribution >= 4 is 50.6 Å². The Balaban J connectivity index is 1.71. The number of hydrogen-bond acceptors (Lipinski definition) is 5. The molecule has 2 aromatic rings. The van der Waals surface area contributed by atoms with Crippen LogP contribution < -0.4 is 9.62 Å². The highest BCUT2D eigenvalue weighted by Gasteiger charge is 2.35. The van der Waals surface area contributed by atoms with E-state index in [4.69, 9.17) is 16.9 Å². The summed E-state index contributed by atoms with van der Waals surface area (Å²) >= 11 is 7.01. The van der Waals surface area contributed by atoms with Gasteiger partial charge in [0.2, 0.25) is 15.9 Å². The summed E-state index contributed by atoms with van der Waals surface area (Å²) in [5, 5.41) is 9.75. The van der Waals surface area contributed by atoms with Crippen LogP contribution in [0.5, 0.6) is 0 Å². The molecule has 0 bridgehead atoms. The molecular weight excluding hydrogens is 413 g/mol. The molecule has 0 saturated carbocycles. The highest BCUT2D eigenvalue weighted by molar-refractivity contribution is 7.92. The molecule has 0 aliphatic carbocycles. The van der Waals surface area contributed by atoms with Gasteiger partial charge in [0.15, 0.2) is 0 Å². The summed E-state index contributed by atoms with van der Waals surface area (Å²) in [6.07, 6.45) is 1.59. The second kappa shape index (κ2) is 7.78. The highest BCUT2D eigenvalue weighted by Crippen LogP contribution is 2.26. The van der Waals surface area contributed by atoms with Gasteiger partial charge in [0.1, 0.15) is 11.9 Å². The number of carbonyl (C=O) groups excluding carboxylic acids is 1. The average molecular weight is 426 g/mol. The molecule has 140 valence electrons. The first kappa shape index (κ1) is 19.5. The van der Waals surface area contributed by atoms with Gasteiger partial charge in [0.25, 0.3) is 0 Å². The lowest BCUT2D eigenvalue weighted by Gasteiger charge is -2.17. The molecule has 2 heterocycles. The van der Waals surface area contributed by atoms with Crippen LogP contribution in [0.1, 0.15) is 16.9 Å². The molecule has 1 aromatic carbocycles. The number of nitrogens with zero attached hydrogens (tertiary/aromatic N) is 2. The molecule has 1 aliphatic heterocycles. The lowest BCUT2D eigenvalue weighted by atomic mass is 10.2. The smallest absolute Gasteiger partial charge is 0.245 e. The third kappa shape index (κ3) is 4.54. The maximum Gasteiger partial charge on any atom is 0.245 e. The summed E-state index contributed by atoms with van der Waals surface area (Å²) in [4.78, 5) is 14.3. The number of carbonyl (C=O) groups is 1. The Labute approximate surface area is 164 Å². The van der Waals surface area contributed by atoms with E-state index >= 15 is 0 Å². The van der Waals surface area contributed by atoms with Gasteiger partial charge in [0.05, 0.1) is 21.7 Å². The van der Waals surface area contributed by atoms with Gasteiger partial charge in [-0.2, -0.15) is 9.98 Å². The summed E-state index contributed by atoms with van der Waals surface area (Å²) in [6, 6.07) is 7.93. The average Bonchev–Trinajstić information content (AvgIpc) is 3.19. The normalized spacial score (nSPS) is 17.6. The Hall–Kier alpha value is -2.25. The minimum absolute atomic E-state index is 0.0180. The van der Waals surface area contributed by atoms with Crippen LogP contribution in [0.25, 0.3) is 6.08 Å². The molecule has 0 spiro atoms. The fraction of sp³-hybridized carbons (Fsp3) is 0.176. The van der Waals surface area contributed by atoms with Crippen LogP contribution in [0.4, 0.5) is 10.1 Å². The van der Waals surface area contributed by atoms with E-state index in [9.17, 15) is 17.6 Å². The maximum absolute atomic E-state index is 14.1. The van der Waals surface area contributed by atoms with Crippen LogP contribution in [0.3, 0.4) is 0 Å². The molecule has 1 N–H and O–H groups in total. The van der Waals surface area contributed by atoms with Crippen LogP contribution in [0.15, 0.2) is 35.7 Å². The minimum atomic E-state index is -3.86. The van der Waals surface area contributed by atoms with Crippen molar-refractivity contribution in [2.75, 3.05) is 11.4 Å². The third-order valence-corrected chi connectivity index (χ3v) is 6.19. The molecule has 1 amide bonds. The maximum atomic E-state index is 14.1. The van der Waals surface area contributed by atoms with Gasteiger partial charge in [-0.15, -0.1) is 11.3 Å². The Kier molecular flexibility index (Phi) is 5.62. The van der Waals surface area contributed by atoms with E-state index in [1.807, 2.05) is 6.07 Å². The van der Waals surface area contributed by atoms with Gasteiger partial charge in [-0.1, -0.05) is 11.6 Å².